The summed E-state index contributed by atoms with van der Waals surface area (Å²) in [5.74, 6) is 5.23. The number of hydrogen-bond acceptors (Lipinski definition) is 3. The number of nitrogens with zero attached hydrogens (tertiary/aromatic N) is 1. The van der Waals surface area contributed by atoms with Crippen LogP contribution in [0.3, 0.4) is 0 Å². The van der Waals surface area contributed by atoms with Crippen molar-refractivity contribution in [2.75, 3.05) is 19.8 Å². The van der Waals surface area contributed by atoms with E-state index in [9.17, 15) is 4.79 Å². The molecule has 0 saturated carbocycles. The number of carbonyl (C=O) groups excluding carboxylic acids is 1. The van der Waals surface area contributed by atoms with Crippen molar-refractivity contribution in [3.8, 4) is 11.8 Å². The quantitative estimate of drug-likeness (QED) is 0.811. The van der Waals surface area contributed by atoms with Gasteiger partial charge in [-0.2, -0.15) is 0 Å². The first-order valence-electron chi connectivity index (χ1n) is 6.63. The highest BCUT2D eigenvalue weighted by molar-refractivity contribution is 5.97. The Bertz CT molecular complexity index is 526. The summed E-state index contributed by atoms with van der Waals surface area (Å²) >= 11 is 0. The molecule has 4 nitrogen and oxygen atoms in total. The van der Waals surface area contributed by atoms with Gasteiger partial charge in [-0.1, -0.05) is 17.9 Å². The molecule has 0 aromatic heterocycles. The topological polar surface area (TPSA) is 60.8 Å². The highest BCUT2D eigenvalue weighted by Crippen LogP contribution is 2.15. The van der Waals surface area contributed by atoms with Crippen LogP contribution in [0, 0.1) is 18.8 Å². The van der Waals surface area contributed by atoms with Gasteiger partial charge in [0.25, 0.3) is 5.91 Å². The lowest BCUT2D eigenvalue weighted by molar-refractivity contribution is 0.0665. The second-order valence-electron chi connectivity index (χ2n) is 4.82. The van der Waals surface area contributed by atoms with Gasteiger partial charge in [0, 0.05) is 18.2 Å². The Morgan fingerprint density at radius 1 is 1.35 bits per heavy atom. The van der Waals surface area contributed by atoms with Crippen molar-refractivity contribution < 1.29 is 15.0 Å². The maximum absolute atomic E-state index is 12.6. The standard InChI is InChI=1S/C16H21NO3/c1-12(2)17(8-10-19)16(20)15-7-6-13(3)11-14(15)5-4-9-18/h6-7,11-12,18-19H,8-10H2,1-3H3. The molecule has 1 rings (SSSR count). The summed E-state index contributed by atoms with van der Waals surface area (Å²) in [6.07, 6.45) is 0. The minimum atomic E-state index is -0.244. The van der Waals surface area contributed by atoms with E-state index in [0.29, 0.717) is 11.1 Å². The van der Waals surface area contributed by atoms with Gasteiger partial charge >= 0.3 is 0 Å². The molecule has 1 amide bonds. The fourth-order valence-corrected chi connectivity index (χ4v) is 1.94. The van der Waals surface area contributed by atoms with Crippen LogP contribution < -0.4 is 0 Å². The Balaban J connectivity index is 3.20. The highest BCUT2D eigenvalue weighted by Gasteiger charge is 2.20. The van der Waals surface area contributed by atoms with E-state index in [0.717, 1.165) is 5.56 Å². The Hall–Kier alpha value is -1.83. The van der Waals surface area contributed by atoms with Gasteiger partial charge in [0.15, 0.2) is 0 Å². The minimum Gasteiger partial charge on any atom is -0.395 e. The Morgan fingerprint density at radius 3 is 2.60 bits per heavy atom. The molecule has 0 fully saturated rings. The molecule has 4 heteroatoms. The summed E-state index contributed by atoms with van der Waals surface area (Å²) in [6.45, 7) is 5.70. The van der Waals surface area contributed by atoms with Gasteiger partial charge < -0.3 is 15.1 Å². The van der Waals surface area contributed by atoms with Crippen LogP contribution in [0.2, 0.25) is 0 Å². The lowest BCUT2D eigenvalue weighted by Crippen LogP contribution is -2.39. The third-order valence-electron chi connectivity index (χ3n) is 2.93. The van der Waals surface area contributed by atoms with Gasteiger partial charge in [-0.05, 0) is 38.5 Å². The van der Waals surface area contributed by atoms with E-state index in [4.69, 9.17) is 10.2 Å². The Labute approximate surface area is 120 Å². The molecular weight excluding hydrogens is 254 g/mol. The summed E-state index contributed by atoms with van der Waals surface area (Å²) in [4.78, 5) is 14.2. The largest absolute Gasteiger partial charge is 0.395 e. The molecule has 0 spiro atoms. The van der Waals surface area contributed by atoms with Crippen LogP contribution in [0.1, 0.15) is 35.3 Å². The van der Waals surface area contributed by atoms with Crippen LogP contribution in [0.15, 0.2) is 18.2 Å². The van der Waals surface area contributed by atoms with Crippen molar-refractivity contribution in [3.63, 3.8) is 0 Å². The van der Waals surface area contributed by atoms with Gasteiger partial charge in [-0.15, -0.1) is 0 Å². The van der Waals surface area contributed by atoms with E-state index >= 15 is 0 Å². The van der Waals surface area contributed by atoms with E-state index in [1.54, 1.807) is 11.0 Å². The molecule has 0 aliphatic rings. The maximum atomic E-state index is 12.6. The van der Waals surface area contributed by atoms with Crippen LogP contribution >= 0.6 is 0 Å². The summed E-state index contributed by atoms with van der Waals surface area (Å²) in [5, 5.41) is 17.9. The van der Waals surface area contributed by atoms with Crippen molar-refractivity contribution in [1.82, 2.24) is 4.90 Å². The SMILES string of the molecule is Cc1ccc(C(=O)N(CCO)C(C)C)c(C#CCO)c1. The fourth-order valence-electron chi connectivity index (χ4n) is 1.94. The predicted octanol–water partition coefficient (Wildman–Crippen LogP) is 1.18. The van der Waals surface area contributed by atoms with E-state index < -0.39 is 0 Å². The molecule has 0 unspecified atom stereocenters. The van der Waals surface area contributed by atoms with Crippen LogP contribution in [-0.4, -0.2) is 46.8 Å². The zero-order valence-electron chi connectivity index (χ0n) is 12.2. The molecule has 1 aromatic rings. The lowest BCUT2D eigenvalue weighted by atomic mass is 10.0. The maximum Gasteiger partial charge on any atom is 0.255 e. The molecular formula is C16H21NO3. The third-order valence-corrected chi connectivity index (χ3v) is 2.93. The van der Waals surface area contributed by atoms with Crippen LogP contribution in [0.5, 0.6) is 0 Å². The lowest BCUT2D eigenvalue weighted by Gasteiger charge is -2.26. The molecule has 0 atom stereocenters. The fraction of sp³-hybridized carbons (Fsp3) is 0.438. The number of hydrogen-bond donors (Lipinski definition) is 2. The summed E-state index contributed by atoms with van der Waals surface area (Å²) in [6, 6.07) is 5.42. The third kappa shape index (κ3) is 4.09. The second kappa shape index (κ2) is 7.68. The van der Waals surface area contributed by atoms with Crippen LogP contribution in [0.4, 0.5) is 0 Å². The summed E-state index contributed by atoms with van der Waals surface area (Å²) < 4.78 is 0. The van der Waals surface area contributed by atoms with Crippen molar-refractivity contribution >= 4 is 5.91 Å². The minimum absolute atomic E-state index is 0.00500. The molecule has 20 heavy (non-hydrogen) atoms. The molecule has 0 aliphatic carbocycles. The van der Waals surface area contributed by atoms with Crippen molar-refractivity contribution in [1.29, 1.82) is 0 Å². The first-order chi connectivity index (χ1) is 9.51. The highest BCUT2D eigenvalue weighted by atomic mass is 16.3. The van der Waals surface area contributed by atoms with E-state index in [1.165, 1.54) is 0 Å². The summed E-state index contributed by atoms with van der Waals surface area (Å²) in [7, 11) is 0. The average Bonchev–Trinajstić information content (AvgIpc) is 2.41. The van der Waals surface area contributed by atoms with Crippen LogP contribution in [-0.2, 0) is 0 Å². The van der Waals surface area contributed by atoms with E-state index in [1.807, 2.05) is 32.9 Å². The number of benzene rings is 1. The zero-order valence-corrected chi connectivity index (χ0v) is 12.2. The number of aryl methyl sites for hydroxylation is 1. The van der Waals surface area contributed by atoms with E-state index in [-0.39, 0.29) is 31.7 Å². The van der Waals surface area contributed by atoms with E-state index in [2.05, 4.69) is 11.8 Å². The smallest absolute Gasteiger partial charge is 0.255 e. The number of rotatable bonds is 4. The zero-order chi connectivity index (χ0) is 15.1. The summed E-state index contributed by atoms with van der Waals surface area (Å²) in [5.41, 5.74) is 2.10. The number of carbonyl (C=O) groups is 1. The van der Waals surface area contributed by atoms with Crippen molar-refractivity contribution in [2.24, 2.45) is 0 Å². The van der Waals surface area contributed by atoms with Gasteiger partial charge in [0.05, 0.1) is 12.2 Å². The molecule has 0 aliphatic heterocycles. The van der Waals surface area contributed by atoms with Gasteiger partial charge in [0.1, 0.15) is 6.61 Å². The average molecular weight is 275 g/mol. The first-order valence-corrected chi connectivity index (χ1v) is 6.63. The predicted molar refractivity (Wildman–Crippen MR) is 78.4 cm³/mol. The van der Waals surface area contributed by atoms with Crippen molar-refractivity contribution in [3.05, 3.63) is 34.9 Å². The second-order valence-corrected chi connectivity index (χ2v) is 4.82. The van der Waals surface area contributed by atoms with Crippen LogP contribution in [0.25, 0.3) is 0 Å². The molecule has 1 aromatic carbocycles. The molecule has 0 bridgehead atoms. The monoisotopic (exact) mass is 275 g/mol. The first kappa shape index (κ1) is 16.2. The Morgan fingerprint density at radius 2 is 2.05 bits per heavy atom. The van der Waals surface area contributed by atoms with Gasteiger partial charge in [-0.3, -0.25) is 4.79 Å². The molecule has 108 valence electrons. The van der Waals surface area contributed by atoms with Crippen molar-refractivity contribution in [2.45, 2.75) is 26.8 Å². The number of aliphatic hydroxyl groups is 2. The van der Waals surface area contributed by atoms with Gasteiger partial charge in [0.2, 0.25) is 0 Å². The molecule has 0 saturated heterocycles. The molecule has 0 radical (unpaired) electrons. The van der Waals surface area contributed by atoms with Gasteiger partial charge in [-0.25, -0.2) is 0 Å². The number of aliphatic hydroxyl groups excluding tert-OH is 2. The molecule has 2 N–H and O–H groups in total. The Kier molecular flexibility index (Phi) is 6.23. The molecule has 0 heterocycles. The normalized spacial score (nSPS) is 10.1. The number of amides is 1.